The normalized spacial score (nSPS) is 15.4. The van der Waals surface area contributed by atoms with Crippen LogP contribution in [0.1, 0.15) is 31.1 Å². The average molecular weight is 339 g/mol. The maximum atomic E-state index is 13.7. The molecule has 24 heavy (non-hydrogen) atoms. The molecule has 0 saturated carbocycles. The van der Waals surface area contributed by atoms with Gasteiger partial charge >= 0.3 is 6.03 Å². The number of urea groups is 1. The second kappa shape index (κ2) is 7.15. The molecule has 0 atom stereocenters. The molecule has 1 heterocycles. The molecule has 0 aliphatic carbocycles. The van der Waals surface area contributed by atoms with Crippen LogP contribution in [0.25, 0.3) is 0 Å². The molecule has 1 aliphatic heterocycles. The number of rotatable bonds is 2. The van der Waals surface area contributed by atoms with Gasteiger partial charge in [-0.15, -0.1) is 0 Å². The van der Waals surface area contributed by atoms with E-state index in [4.69, 9.17) is 0 Å². The second-order valence-electron chi connectivity index (χ2n) is 7.12. The Bertz CT molecular complexity index is 621. The summed E-state index contributed by atoms with van der Waals surface area (Å²) in [6.45, 7) is 7.93. The van der Waals surface area contributed by atoms with Gasteiger partial charge in [0, 0.05) is 32.7 Å². The van der Waals surface area contributed by atoms with E-state index in [0.29, 0.717) is 19.6 Å². The van der Waals surface area contributed by atoms with E-state index < -0.39 is 17.5 Å². The number of nitrogens with one attached hydrogen (secondary N) is 1. The molecule has 1 aromatic carbocycles. The Kier molecular flexibility index (Phi) is 5.41. The lowest BCUT2D eigenvalue weighted by Gasteiger charge is -2.35. The van der Waals surface area contributed by atoms with Gasteiger partial charge in [0.25, 0.3) is 5.91 Å². The largest absolute Gasteiger partial charge is 0.337 e. The molecule has 0 unspecified atom stereocenters. The third-order valence-electron chi connectivity index (χ3n) is 3.78. The number of hydrogen-bond donors (Lipinski definition) is 1. The first-order valence-corrected chi connectivity index (χ1v) is 7.94. The van der Waals surface area contributed by atoms with Crippen LogP contribution in [0.2, 0.25) is 0 Å². The molecule has 3 amide bonds. The first kappa shape index (κ1) is 18.2. The molecule has 132 valence electrons. The minimum absolute atomic E-state index is 0.0116. The van der Waals surface area contributed by atoms with Crippen LogP contribution >= 0.6 is 0 Å². The summed E-state index contributed by atoms with van der Waals surface area (Å²) in [5.41, 5.74) is -0.289. The van der Waals surface area contributed by atoms with Crippen molar-refractivity contribution in [3.05, 3.63) is 35.4 Å². The van der Waals surface area contributed by atoms with Gasteiger partial charge in [-0.2, -0.15) is 0 Å². The number of carbonyl (C=O) groups is 2. The van der Waals surface area contributed by atoms with Crippen molar-refractivity contribution in [1.29, 1.82) is 0 Å². The Balaban J connectivity index is 1.91. The highest BCUT2D eigenvalue weighted by Crippen LogP contribution is 2.15. The fourth-order valence-electron chi connectivity index (χ4n) is 2.40. The summed E-state index contributed by atoms with van der Waals surface area (Å²) in [4.78, 5) is 27.5. The van der Waals surface area contributed by atoms with Crippen LogP contribution in [0.5, 0.6) is 0 Å². The monoisotopic (exact) mass is 339 g/mol. The molecule has 1 N–H and O–H groups in total. The zero-order valence-corrected chi connectivity index (χ0v) is 14.2. The van der Waals surface area contributed by atoms with E-state index in [9.17, 15) is 18.4 Å². The number of halogens is 2. The Morgan fingerprint density at radius 2 is 1.67 bits per heavy atom. The van der Waals surface area contributed by atoms with Crippen molar-refractivity contribution in [2.45, 2.75) is 20.8 Å². The van der Waals surface area contributed by atoms with Gasteiger partial charge in [0.15, 0.2) is 0 Å². The SMILES string of the molecule is CC(C)(C)CNC(=O)N1CCN(C(=O)c2cc(F)ccc2F)CC1. The van der Waals surface area contributed by atoms with Gasteiger partial charge in [-0.1, -0.05) is 20.8 Å². The van der Waals surface area contributed by atoms with Crippen LogP contribution in [0.4, 0.5) is 13.6 Å². The third kappa shape index (κ3) is 4.66. The molecule has 7 heteroatoms. The molecule has 1 aliphatic rings. The molecule has 0 spiro atoms. The first-order valence-electron chi connectivity index (χ1n) is 7.94. The van der Waals surface area contributed by atoms with Crippen molar-refractivity contribution in [2.24, 2.45) is 5.41 Å². The predicted molar refractivity (Wildman–Crippen MR) is 86.7 cm³/mol. The summed E-state index contributed by atoms with van der Waals surface area (Å²) in [6, 6.07) is 2.65. The highest BCUT2D eigenvalue weighted by Gasteiger charge is 2.27. The number of piperazine rings is 1. The third-order valence-corrected chi connectivity index (χ3v) is 3.78. The van der Waals surface area contributed by atoms with Crippen LogP contribution in [0.15, 0.2) is 18.2 Å². The van der Waals surface area contributed by atoms with Crippen LogP contribution in [-0.2, 0) is 0 Å². The molecule has 0 bridgehead atoms. The van der Waals surface area contributed by atoms with Gasteiger partial charge in [-0.05, 0) is 23.6 Å². The molecule has 5 nitrogen and oxygen atoms in total. The maximum Gasteiger partial charge on any atom is 0.317 e. The van der Waals surface area contributed by atoms with Crippen molar-refractivity contribution in [2.75, 3.05) is 32.7 Å². The van der Waals surface area contributed by atoms with Crippen LogP contribution in [0.3, 0.4) is 0 Å². The number of hydrogen-bond acceptors (Lipinski definition) is 2. The molecule has 1 aromatic rings. The van der Waals surface area contributed by atoms with Gasteiger partial charge in [-0.3, -0.25) is 4.79 Å². The van der Waals surface area contributed by atoms with Crippen LogP contribution in [0, 0.1) is 17.0 Å². The quantitative estimate of drug-likeness (QED) is 0.900. The lowest BCUT2D eigenvalue weighted by Crippen LogP contribution is -2.54. The lowest BCUT2D eigenvalue weighted by atomic mass is 9.97. The van der Waals surface area contributed by atoms with E-state index in [1.54, 1.807) is 4.90 Å². The summed E-state index contributed by atoms with van der Waals surface area (Å²) < 4.78 is 26.9. The van der Waals surface area contributed by atoms with Gasteiger partial charge in [0.05, 0.1) is 5.56 Å². The van der Waals surface area contributed by atoms with Crippen molar-refractivity contribution in [1.82, 2.24) is 15.1 Å². The first-order chi connectivity index (χ1) is 11.2. The van der Waals surface area contributed by atoms with Crippen LogP contribution < -0.4 is 5.32 Å². The summed E-state index contributed by atoms with van der Waals surface area (Å²) in [6.07, 6.45) is 0. The molecular formula is C17H23F2N3O2. The molecular weight excluding hydrogens is 316 g/mol. The van der Waals surface area contributed by atoms with Gasteiger partial charge in [0.2, 0.25) is 0 Å². The van der Waals surface area contributed by atoms with Crippen molar-refractivity contribution in [3.63, 3.8) is 0 Å². The maximum absolute atomic E-state index is 13.7. The molecule has 0 radical (unpaired) electrons. The summed E-state index contributed by atoms with van der Waals surface area (Å²) >= 11 is 0. The summed E-state index contributed by atoms with van der Waals surface area (Å²) in [5.74, 6) is -1.95. The van der Waals surface area contributed by atoms with Gasteiger partial charge in [0.1, 0.15) is 11.6 Å². The Morgan fingerprint density at radius 3 is 2.25 bits per heavy atom. The number of nitrogens with zero attached hydrogens (tertiary/aromatic N) is 2. The van der Waals surface area contributed by atoms with Gasteiger partial charge in [-0.25, -0.2) is 13.6 Å². The molecule has 2 rings (SSSR count). The summed E-state index contributed by atoms with van der Waals surface area (Å²) in [5, 5.41) is 2.86. The fourth-order valence-corrected chi connectivity index (χ4v) is 2.40. The molecule has 0 aromatic heterocycles. The fraction of sp³-hybridized carbons (Fsp3) is 0.529. The predicted octanol–water partition coefficient (Wildman–Crippen LogP) is 2.48. The van der Waals surface area contributed by atoms with Crippen molar-refractivity contribution >= 4 is 11.9 Å². The highest BCUT2D eigenvalue weighted by molar-refractivity contribution is 5.94. The average Bonchev–Trinajstić information content (AvgIpc) is 2.53. The minimum Gasteiger partial charge on any atom is -0.337 e. The summed E-state index contributed by atoms with van der Waals surface area (Å²) in [7, 11) is 0. The van der Waals surface area contributed by atoms with Crippen molar-refractivity contribution < 1.29 is 18.4 Å². The topological polar surface area (TPSA) is 52.7 Å². The second-order valence-corrected chi connectivity index (χ2v) is 7.12. The van der Waals surface area contributed by atoms with E-state index in [0.717, 1.165) is 18.2 Å². The van der Waals surface area contributed by atoms with E-state index in [1.807, 2.05) is 20.8 Å². The standard InChI is InChI=1S/C17H23F2N3O2/c1-17(2,3)11-20-16(24)22-8-6-21(7-9-22)15(23)13-10-12(18)4-5-14(13)19/h4-5,10H,6-9,11H2,1-3H3,(H,20,24). The molecule has 1 saturated heterocycles. The van der Waals surface area contributed by atoms with E-state index in [-0.39, 0.29) is 30.1 Å². The van der Waals surface area contributed by atoms with Gasteiger partial charge < -0.3 is 15.1 Å². The number of amides is 3. The zero-order chi connectivity index (χ0) is 17.9. The van der Waals surface area contributed by atoms with Crippen molar-refractivity contribution in [3.8, 4) is 0 Å². The Morgan fingerprint density at radius 1 is 1.08 bits per heavy atom. The zero-order valence-electron chi connectivity index (χ0n) is 14.2. The Labute approximate surface area is 140 Å². The van der Waals surface area contributed by atoms with Crippen LogP contribution in [-0.4, -0.2) is 54.5 Å². The number of carbonyl (C=O) groups excluding carboxylic acids is 2. The van der Waals surface area contributed by atoms with E-state index in [2.05, 4.69) is 5.32 Å². The lowest BCUT2D eigenvalue weighted by molar-refractivity contribution is 0.0659. The smallest absolute Gasteiger partial charge is 0.317 e. The minimum atomic E-state index is -0.744. The number of benzene rings is 1. The van der Waals surface area contributed by atoms with E-state index >= 15 is 0 Å². The van der Waals surface area contributed by atoms with E-state index in [1.165, 1.54) is 4.90 Å². The Hall–Kier alpha value is -2.18. The highest BCUT2D eigenvalue weighted by atomic mass is 19.1. The molecule has 1 fully saturated rings.